The molecule has 1 nitrogen and oxygen atoms in total. The second-order valence-corrected chi connectivity index (χ2v) is 2.12. The van der Waals surface area contributed by atoms with E-state index in [-0.39, 0.29) is 0 Å². The molecule has 0 spiro atoms. The fourth-order valence-corrected chi connectivity index (χ4v) is 0. The van der Waals surface area contributed by atoms with Crippen molar-refractivity contribution in [1.29, 1.82) is 0 Å². The minimum Gasteiger partial charge on any atom is -0.307 e. The highest BCUT2D eigenvalue weighted by molar-refractivity contribution is 6.31. The van der Waals surface area contributed by atoms with Crippen molar-refractivity contribution >= 4 is 22.0 Å². The van der Waals surface area contributed by atoms with Crippen LogP contribution in [0.4, 0.5) is 0 Å². The molecule has 0 radical (unpaired) electrons. The van der Waals surface area contributed by atoms with Gasteiger partial charge in [-0.3, -0.25) is 0 Å². The SMILES string of the molecule is C=O.[CH3][AlH][CH3]. The standard InChI is InChI=1S/CH2O.2CH3.Al.H/c1-2;;;;/h1H2;2*1H3;;. The fraction of sp³-hybridized carbons (Fsp3) is 0.667. The first-order valence-corrected chi connectivity index (χ1v) is 4.53. The molecular weight excluding hydrogens is 79.0 g/mol. The van der Waals surface area contributed by atoms with Gasteiger partial charge < -0.3 is 4.79 Å². The van der Waals surface area contributed by atoms with Gasteiger partial charge in [0.2, 0.25) is 15.2 Å². The van der Waals surface area contributed by atoms with Crippen molar-refractivity contribution in [3.05, 3.63) is 0 Å². The number of carbonyl (C=O) groups is 1. The summed E-state index contributed by atoms with van der Waals surface area (Å²) in [7, 11) is 0. The van der Waals surface area contributed by atoms with Crippen molar-refractivity contribution in [2.75, 3.05) is 0 Å². The van der Waals surface area contributed by atoms with Gasteiger partial charge in [0.1, 0.15) is 6.79 Å². The van der Waals surface area contributed by atoms with Gasteiger partial charge in [-0.2, -0.15) is 0 Å². The van der Waals surface area contributed by atoms with Gasteiger partial charge >= 0.3 is 0 Å². The largest absolute Gasteiger partial charge is 0.307 e. The van der Waals surface area contributed by atoms with E-state index in [2.05, 4.69) is 11.6 Å². The second-order valence-electron chi connectivity index (χ2n) is 0.707. The summed E-state index contributed by atoms with van der Waals surface area (Å²) in [5.41, 5.74) is 0. The summed E-state index contributed by atoms with van der Waals surface area (Å²) in [5, 5.41) is 0. The van der Waals surface area contributed by atoms with Crippen LogP contribution in [0, 0.1) is 0 Å². The Balaban J connectivity index is 0. The number of rotatable bonds is 0. The zero-order chi connectivity index (χ0) is 4.71. The lowest BCUT2D eigenvalue weighted by Crippen LogP contribution is -1.53. The first kappa shape index (κ1) is 8.96. The van der Waals surface area contributed by atoms with Crippen LogP contribution in [0.2, 0.25) is 11.6 Å². The summed E-state index contributed by atoms with van der Waals surface area (Å²) in [6, 6.07) is 0. The molecule has 0 atom stereocenters. The summed E-state index contributed by atoms with van der Waals surface area (Å²) in [6.07, 6.45) is 0. The third kappa shape index (κ3) is 497. The molecule has 2 heteroatoms. The Morgan fingerprint density at radius 3 is 1.40 bits per heavy atom. The van der Waals surface area contributed by atoms with Gasteiger partial charge in [-0.25, -0.2) is 0 Å². The molecule has 0 aliphatic heterocycles. The van der Waals surface area contributed by atoms with Gasteiger partial charge in [-0.1, -0.05) is 0 Å². The van der Waals surface area contributed by atoms with Crippen LogP contribution in [0.15, 0.2) is 0 Å². The Hall–Kier alpha value is 0.202. The molecule has 0 aromatic rings. The average Bonchev–Trinajstić information content (AvgIpc) is 1.46. The lowest BCUT2D eigenvalue weighted by molar-refractivity contribution is -0.0979. The maximum Gasteiger partial charge on any atom is 0.229 e. The van der Waals surface area contributed by atoms with E-state index >= 15 is 0 Å². The molecule has 0 aliphatic carbocycles. The third-order valence-electron chi connectivity index (χ3n) is 0. The molecule has 0 saturated carbocycles. The topological polar surface area (TPSA) is 17.1 Å². The summed E-state index contributed by atoms with van der Waals surface area (Å²) >= 11 is 0.417. The van der Waals surface area contributed by atoms with Crippen molar-refractivity contribution in [2.24, 2.45) is 0 Å². The Bertz CT molecular complexity index is 10.9. The number of hydrogen-bond donors (Lipinski definition) is 0. The second kappa shape index (κ2) is 29.8. The quantitative estimate of drug-likeness (QED) is 0.390. The van der Waals surface area contributed by atoms with Crippen LogP contribution in [0.5, 0.6) is 0 Å². The van der Waals surface area contributed by atoms with Crippen molar-refractivity contribution < 1.29 is 4.79 Å². The van der Waals surface area contributed by atoms with Crippen molar-refractivity contribution in [1.82, 2.24) is 0 Å². The van der Waals surface area contributed by atoms with Crippen molar-refractivity contribution in [2.45, 2.75) is 11.6 Å². The predicted octanol–water partition coefficient (Wildman–Crippen LogP) is 0.334. The summed E-state index contributed by atoms with van der Waals surface area (Å²) in [6.45, 7) is 2.00. The molecule has 0 fully saturated rings. The van der Waals surface area contributed by atoms with Gasteiger partial charge in [-0.15, -0.1) is 11.6 Å². The maximum absolute atomic E-state index is 8.00. The van der Waals surface area contributed by atoms with E-state index in [9.17, 15) is 0 Å². The summed E-state index contributed by atoms with van der Waals surface area (Å²) in [4.78, 5) is 8.00. The molecule has 0 amide bonds. The van der Waals surface area contributed by atoms with Gasteiger partial charge in [0.15, 0.2) is 0 Å². The van der Waals surface area contributed by atoms with E-state index in [0.717, 1.165) is 0 Å². The Morgan fingerprint density at radius 1 is 1.40 bits per heavy atom. The molecule has 0 aromatic carbocycles. The van der Waals surface area contributed by atoms with Crippen LogP contribution < -0.4 is 0 Å². The van der Waals surface area contributed by atoms with Crippen LogP contribution in [0.3, 0.4) is 0 Å². The minimum absolute atomic E-state index is 0.417. The molecule has 0 heterocycles. The highest BCUT2D eigenvalue weighted by Crippen LogP contribution is 1.36. The van der Waals surface area contributed by atoms with Crippen LogP contribution >= 0.6 is 0 Å². The van der Waals surface area contributed by atoms with E-state index in [1.54, 1.807) is 0 Å². The Kier molecular flexibility index (Phi) is 53.4. The molecule has 0 aliphatic rings. The van der Waals surface area contributed by atoms with Gasteiger partial charge in [0.05, 0.1) is 0 Å². The van der Waals surface area contributed by atoms with Crippen LogP contribution in [0.25, 0.3) is 0 Å². The summed E-state index contributed by atoms with van der Waals surface area (Å²) in [5.74, 6) is 4.53. The minimum atomic E-state index is 0.417. The molecule has 30 valence electrons. The third-order valence-corrected chi connectivity index (χ3v) is 0. The highest BCUT2D eigenvalue weighted by atomic mass is 27.1. The molecule has 0 unspecified atom stereocenters. The van der Waals surface area contributed by atoms with Crippen molar-refractivity contribution in [3.8, 4) is 0 Å². The van der Waals surface area contributed by atoms with E-state index in [4.69, 9.17) is 4.79 Å². The smallest absolute Gasteiger partial charge is 0.229 e. The van der Waals surface area contributed by atoms with E-state index in [0.29, 0.717) is 15.2 Å². The van der Waals surface area contributed by atoms with E-state index < -0.39 is 0 Å². The number of hydrogen-bond acceptors (Lipinski definition) is 1. The molecule has 0 aromatic heterocycles. The van der Waals surface area contributed by atoms with Crippen LogP contribution in [-0.4, -0.2) is 22.0 Å². The highest BCUT2D eigenvalue weighted by Gasteiger charge is 1.48. The Labute approximate surface area is 39.1 Å². The summed E-state index contributed by atoms with van der Waals surface area (Å²) < 4.78 is 0. The molecule has 0 rings (SSSR count). The van der Waals surface area contributed by atoms with E-state index in [1.165, 1.54) is 0 Å². The lowest BCUT2D eigenvalue weighted by atomic mass is 11.9. The molecule has 0 saturated heterocycles. The predicted molar refractivity (Wildman–Crippen MR) is 26.0 cm³/mol. The Morgan fingerprint density at radius 2 is 1.40 bits per heavy atom. The van der Waals surface area contributed by atoms with E-state index in [1.807, 2.05) is 6.79 Å². The van der Waals surface area contributed by atoms with Gasteiger partial charge in [0.25, 0.3) is 0 Å². The molecule has 0 N–H and O–H groups in total. The zero-order valence-electron chi connectivity index (χ0n) is 3.82. The first-order chi connectivity index (χ1) is 2.41. The molecule has 5 heavy (non-hydrogen) atoms. The average molecular weight is 88.1 g/mol. The maximum atomic E-state index is 8.00. The molecular formula is C3H9AlO. The normalized spacial score (nSPS) is 3.60. The first-order valence-electron chi connectivity index (χ1n) is 1.70. The zero-order valence-corrected chi connectivity index (χ0v) is 5.24. The van der Waals surface area contributed by atoms with Gasteiger partial charge in [-0.05, 0) is 0 Å². The monoisotopic (exact) mass is 88.0 g/mol. The van der Waals surface area contributed by atoms with Crippen molar-refractivity contribution in [3.63, 3.8) is 0 Å². The van der Waals surface area contributed by atoms with Crippen LogP contribution in [-0.2, 0) is 4.79 Å². The molecule has 0 bridgehead atoms. The lowest BCUT2D eigenvalue weighted by Gasteiger charge is -1.36. The van der Waals surface area contributed by atoms with Crippen LogP contribution in [0.1, 0.15) is 0 Å². The number of carbonyl (C=O) groups excluding carboxylic acids is 1. The van der Waals surface area contributed by atoms with Gasteiger partial charge in [0, 0.05) is 0 Å². The fourth-order valence-electron chi connectivity index (χ4n) is 0.